The highest BCUT2D eigenvalue weighted by atomic mass is 32.1. The summed E-state index contributed by atoms with van der Waals surface area (Å²) in [6.07, 6.45) is 11.7. The molecule has 162 valence electrons. The van der Waals surface area contributed by atoms with E-state index in [2.05, 4.69) is 22.9 Å². The Balaban J connectivity index is 2.12. The highest BCUT2D eigenvalue weighted by Crippen LogP contribution is 2.20. The summed E-state index contributed by atoms with van der Waals surface area (Å²) < 4.78 is 5.17. The number of benzene rings is 1. The van der Waals surface area contributed by atoms with Gasteiger partial charge in [0.05, 0.1) is 18.0 Å². The Kier molecular flexibility index (Phi) is 13.5. The molecule has 1 rings (SSSR count). The lowest BCUT2D eigenvalue weighted by Gasteiger charge is -2.13. The predicted octanol–water partition coefficient (Wildman–Crippen LogP) is 5.99. The monoisotopic (exact) mass is 421 g/mol. The van der Waals surface area contributed by atoms with Gasteiger partial charge >= 0.3 is 6.09 Å². The number of para-hydroxylation sites is 2. The summed E-state index contributed by atoms with van der Waals surface area (Å²) in [4.78, 5) is 23.1. The van der Waals surface area contributed by atoms with E-state index in [1.54, 1.807) is 24.3 Å². The van der Waals surface area contributed by atoms with Crippen molar-refractivity contribution in [2.45, 2.75) is 78.1 Å². The standard InChI is InChI=1S/C22H35N3O3S/c1-3-4-5-6-7-8-9-10-11-14-17-28-22(27)25-21(29)24-20-16-13-12-15-19(20)23-18(2)26/h12-13,15-16H,3-11,14,17H2,1-2H3,(H,23,26)(H2,24,25,27,29). The number of hydrogen-bond acceptors (Lipinski definition) is 4. The zero-order valence-electron chi connectivity index (χ0n) is 17.7. The van der Waals surface area contributed by atoms with E-state index in [0.29, 0.717) is 18.0 Å². The van der Waals surface area contributed by atoms with E-state index in [-0.39, 0.29) is 11.0 Å². The summed E-state index contributed by atoms with van der Waals surface area (Å²) in [5, 5.41) is 8.21. The fourth-order valence-electron chi connectivity index (χ4n) is 2.93. The number of hydrogen-bond donors (Lipinski definition) is 3. The molecule has 0 aliphatic carbocycles. The minimum Gasteiger partial charge on any atom is -0.449 e. The van der Waals surface area contributed by atoms with Crippen LogP contribution >= 0.6 is 12.2 Å². The average molecular weight is 422 g/mol. The molecule has 0 spiro atoms. The second kappa shape index (κ2) is 15.7. The second-order valence-electron chi connectivity index (χ2n) is 7.12. The Hall–Kier alpha value is -2.15. The van der Waals surface area contributed by atoms with Gasteiger partial charge in [0.15, 0.2) is 5.11 Å². The van der Waals surface area contributed by atoms with Crippen LogP contribution in [0, 0.1) is 0 Å². The van der Waals surface area contributed by atoms with E-state index in [1.165, 1.54) is 58.3 Å². The maximum atomic E-state index is 11.8. The van der Waals surface area contributed by atoms with Gasteiger partial charge in [0.1, 0.15) is 0 Å². The largest absolute Gasteiger partial charge is 0.449 e. The smallest absolute Gasteiger partial charge is 0.413 e. The molecule has 0 fully saturated rings. The van der Waals surface area contributed by atoms with Crippen LogP contribution in [0.5, 0.6) is 0 Å². The van der Waals surface area contributed by atoms with Crippen LogP contribution in [0.15, 0.2) is 24.3 Å². The minimum atomic E-state index is -0.574. The zero-order chi connectivity index (χ0) is 21.3. The SMILES string of the molecule is CCCCCCCCCCCCOC(=O)NC(=S)Nc1ccccc1NC(C)=O. The van der Waals surface area contributed by atoms with Gasteiger partial charge in [-0.05, 0) is 30.8 Å². The van der Waals surface area contributed by atoms with Gasteiger partial charge in [-0.25, -0.2) is 4.79 Å². The van der Waals surface area contributed by atoms with Crippen LogP contribution < -0.4 is 16.0 Å². The summed E-state index contributed by atoms with van der Waals surface area (Å²) in [5.41, 5.74) is 1.19. The van der Waals surface area contributed by atoms with Crippen molar-refractivity contribution in [2.75, 3.05) is 17.2 Å². The van der Waals surface area contributed by atoms with Crippen molar-refractivity contribution in [1.29, 1.82) is 0 Å². The molecule has 1 aromatic rings. The Morgan fingerprint density at radius 3 is 1.93 bits per heavy atom. The van der Waals surface area contributed by atoms with Crippen LogP contribution in [0.4, 0.5) is 16.2 Å². The van der Waals surface area contributed by atoms with Gasteiger partial charge in [-0.1, -0.05) is 76.8 Å². The van der Waals surface area contributed by atoms with Crippen molar-refractivity contribution in [3.63, 3.8) is 0 Å². The fourth-order valence-corrected chi connectivity index (χ4v) is 3.12. The van der Waals surface area contributed by atoms with Gasteiger partial charge in [0, 0.05) is 6.92 Å². The van der Waals surface area contributed by atoms with E-state index < -0.39 is 6.09 Å². The quantitative estimate of drug-likeness (QED) is 0.269. The molecule has 0 aliphatic rings. The number of alkyl carbamates (subject to hydrolysis) is 1. The molecule has 0 heterocycles. The Morgan fingerprint density at radius 1 is 0.862 bits per heavy atom. The molecule has 0 atom stereocenters. The zero-order valence-corrected chi connectivity index (χ0v) is 18.5. The Morgan fingerprint density at radius 2 is 1.38 bits per heavy atom. The van der Waals surface area contributed by atoms with Crippen LogP contribution in [0.3, 0.4) is 0 Å². The molecule has 29 heavy (non-hydrogen) atoms. The fraction of sp³-hybridized carbons (Fsp3) is 0.591. The first kappa shape index (κ1) is 24.9. The summed E-state index contributed by atoms with van der Waals surface area (Å²) in [5.74, 6) is -0.186. The molecule has 0 unspecified atom stereocenters. The molecule has 0 radical (unpaired) electrons. The summed E-state index contributed by atoms with van der Waals surface area (Å²) >= 11 is 5.14. The Bertz CT molecular complexity index is 637. The predicted molar refractivity (Wildman–Crippen MR) is 123 cm³/mol. The van der Waals surface area contributed by atoms with Crippen molar-refractivity contribution in [3.05, 3.63) is 24.3 Å². The summed E-state index contributed by atoms with van der Waals surface area (Å²) in [7, 11) is 0. The second-order valence-corrected chi connectivity index (χ2v) is 7.53. The number of carbonyl (C=O) groups excluding carboxylic acids is 2. The topological polar surface area (TPSA) is 79.5 Å². The number of amides is 2. The van der Waals surface area contributed by atoms with Gasteiger partial charge < -0.3 is 15.4 Å². The lowest BCUT2D eigenvalue weighted by Crippen LogP contribution is -2.35. The number of ether oxygens (including phenoxy) is 1. The van der Waals surface area contributed by atoms with Crippen LogP contribution in [-0.2, 0) is 9.53 Å². The molecule has 3 N–H and O–H groups in total. The number of carbonyl (C=O) groups is 2. The van der Waals surface area contributed by atoms with Crippen LogP contribution in [-0.4, -0.2) is 23.7 Å². The van der Waals surface area contributed by atoms with Gasteiger partial charge in [0.2, 0.25) is 5.91 Å². The number of rotatable bonds is 13. The third kappa shape index (κ3) is 12.8. The van der Waals surface area contributed by atoms with Gasteiger partial charge in [0.25, 0.3) is 0 Å². The van der Waals surface area contributed by atoms with E-state index in [9.17, 15) is 9.59 Å². The molecule has 0 saturated heterocycles. The van der Waals surface area contributed by atoms with Crippen molar-refractivity contribution in [2.24, 2.45) is 0 Å². The summed E-state index contributed by atoms with van der Waals surface area (Å²) in [6.45, 7) is 4.05. The van der Waals surface area contributed by atoms with E-state index in [0.717, 1.165) is 12.8 Å². The maximum absolute atomic E-state index is 11.8. The molecule has 6 nitrogen and oxygen atoms in total. The van der Waals surface area contributed by atoms with Gasteiger partial charge in [-0.2, -0.15) is 0 Å². The lowest BCUT2D eigenvalue weighted by molar-refractivity contribution is -0.114. The van der Waals surface area contributed by atoms with Crippen molar-refractivity contribution >= 4 is 40.7 Å². The minimum absolute atomic E-state index is 0.121. The highest BCUT2D eigenvalue weighted by Gasteiger charge is 2.08. The molecule has 0 saturated carbocycles. The van der Waals surface area contributed by atoms with Crippen LogP contribution in [0.1, 0.15) is 78.1 Å². The number of unbranched alkanes of at least 4 members (excludes halogenated alkanes) is 9. The van der Waals surface area contributed by atoms with Crippen molar-refractivity contribution in [3.8, 4) is 0 Å². The average Bonchev–Trinajstić information content (AvgIpc) is 2.67. The third-order valence-electron chi connectivity index (χ3n) is 4.43. The molecular formula is C22H35N3O3S. The van der Waals surface area contributed by atoms with Gasteiger partial charge in [-0.15, -0.1) is 0 Å². The van der Waals surface area contributed by atoms with Crippen LogP contribution in [0.25, 0.3) is 0 Å². The first-order valence-electron chi connectivity index (χ1n) is 10.6. The first-order chi connectivity index (χ1) is 14.0. The molecule has 2 amide bonds. The molecular weight excluding hydrogens is 386 g/mol. The van der Waals surface area contributed by atoms with Crippen molar-refractivity contribution < 1.29 is 14.3 Å². The summed E-state index contributed by atoms with van der Waals surface area (Å²) in [6, 6.07) is 7.11. The molecule has 7 heteroatoms. The van der Waals surface area contributed by atoms with E-state index >= 15 is 0 Å². The van der Waals surface area contributed by atoms with Gasteiger partial charge in [-0.3, -0.25) is 10.1 Å². The number of nitrogens with one attached hydrogen (secondary N) is 3. The highest BCUT2D eigenvalue weighted by molar-refractivity contribution is 7.80. The van der Waals surface area contributed by atoms with E-state index in [4.69, 9.17) is 17.0 Å². The molecule has 1 aromatic carbocycles. The molecule has 0 aliphatic heterocycles. The number of thiocarbonyl (C=S) groups is 1. The lowest BCUT2D eigenvalue weighted by atomic mass is 10.1. The first-order valence-corrected chi connectivity index (χ1v) is 11.0. The van der Waals surface area contributed by atoms with E-state index in [1.807, 2.05) is 0 Å². The number of anilines is 2. The Labute approximate surface area is 180 Å². The van der Waals surface area contributed by atoms with Crippen LogP contribution in [0.2, 0.25) is 0 Å². The maximum Gasteiger partial charge on any atom is 0.413 e. The molecule has 0 aromatic heterocycles. The normalized spacial score (nSPS) is 10.3. The van der Waals surface area contributed by atoms with Crippen molar-refractivity contribution in [1.82, 2.24) is 5.32 Å². The molecule has 0 bridgehead atoms. The third-order valence-corrected chi connectivity index (χ3v) is 4.64.